The number of hydrogen-bond acceptors (Lipinski definition) is 1. The van der Waals surface area contributed by atoms with Crippen LogP contribution in [-0.2, 0) is 4.79 Å². The van der Waals surface area contributed by atoms with Crippen molar-refractivity contribution in [3.05, 3.63) is 64.9 Å². The van der Waals surface area contributed by atoms with Crippen LogP contribution in [0, 0.1) is 5.82 Å². The van der Waals surface area contributed by atoms with E-state index in [1.54, 1.807) is 37.3 Å². The summed E-state index contributed by atoms with van der Waals surface area (Å²) < 4.78 is 13.3. The highest BCUT2D eigenvalue weighted by Crippen LogP contribution is 2.31. The molecule has 2 aromatic rings. The second-order valence-corrected chi connectivity index (χ2v) is 4.78. The molecule has 0 aliphatic heterocycles. The van der Waals surface area contributed by atoms with Gasteiger partial charge in [0.2, 0.25) is 0 Å². The van der Waals surface area contributed by atoms with Crippen LogP contribution in [0.3, 0.4) is 0 Å². The first-order valence-electron chi connectivity index (χ1n) is 5.94. The monoisotopic (exact) mass is 290 g/mol. The van der Waals surface area contributed by atoms with Crippen molar-refractivity contribution in [2.75, 3.05) is 0 Å². The number of allylic oxidation sites excluding steroid dienone is 1. The van der Waals surface area contributed by atoms with Crippen molar-refractivity contribution in [2.24, 2.45) is 0 Å². The smallest absolute Gasteiger partial charge is 0.328 e. The number of carboxylic acid groups (broad SMARTS) is 1. The summed E-state index contributed by atoms with van der Waals surface area (Å²) in [4.78, 5) is 10.7. The maximum absolute atomic E-state index is 13.3. The highest BCUT2D eigenvalue weighted by atomic mass is 35.5. The van der Waals surface area contributed by atoms with Crippen LogP contribution in [0.5, 0.6) is 0 Å². The molecular weight excluding hydrogens is 279 g/mol. The first-order valence-corrected chi connectivity index (χ1v) is 6.32. The van der Waals surface area contributed by atoms with Crippen molar-refractivity contribution in [3.63, 3.8) is 0 Å². The van der Waals surface area contributed by atoms with Crippen molar-refractivity contribution < 1.29 is 14.3 Å². The molecule has 0 radical (unpaired) electrons. The van der Waals surface area contributed by atoms with E-state index in [0.29, 0.717) is 21.7 Å². The lowest BCUT2D eigenvalue weighted by Gasteiger charge is -2.08. The number of carbonyl (C=O) groups is 1. The molecule has 0 unspecified atom stereocenters. The van der Waals surface area contributed by atoms with E-state index >= 15 is 0 Å². The van der Waals surface area contributed by atoms with E-state index in [0.717, 1.165) is 11.6 Å². The van der Waals surface area contributed by atoms with Gasteiger partial charge in [0.25, 0.3) is 0 Å². The van der Waals surface area contributed by atoms with Gasteiger partial charge in [-0.05, 0) is 47.9 Å². The lowest BCUT2D eigenvalue weighted by Crippen LogP contribution is -1.91. The Hall–Kier alpha value is -2.13. The van der Waals surface area contributed by atoms with Gasteiger partial charge in [0.15, 0.2) is 0 Å². The molecule has 2 aromatic carbocycles. The SMILES string of the molecule is C/C(=C\C(=O)O)c1ccc(Cl)c(-c2cccc(F)c2)c1. The quantitative estimate of drug-likeness (QED) is 0.837. The van der Waals surface area contributed by atoms with Gasteiger partial charge in [0.05, 0.1) is 0 Å². The van der Waals surface area contributed by atoms with E-state index in [9.17, 15) is 9.18 Å². The number of benzene rings is 2. The van der Waals surface area contributed by atoms with Gasteiger partial charge in [-0.25, -0.2) is 9.18 Å². The second kappa shape index (κ2) is 5.88. The number of hydrogen-bond donors (Lipinski definition) is 1. The van der Waals surface area contributed by atoms with Gasteiger partial charge < -0.3 is 5.11 Å². The molecule has 4 heteroatoms. The van der Waals surface area contributed by atoms with Crippen molar-refractivity contribution >= 4 is 23.1 Å². The molecule has 0 saturated carbocycles. The average Bonchev–Trinajstić information content (AvgIpc) is 2.38. The summed E-state index contributed by atoms with van der Waals surface area (Å²) in [5, 5.41) is 9.26. The molecule has 0 amide bonds. The Bertz CT molecular complexity index is 693. The molecule has 0 aromatic heterocycles. The third-order valence-electron chi connectivity index (χ3n) is 2.90. The van der Waals surface area contributed by atoms with Crippen LogP contribution in [0.4, 0.5) is 4.39 Å². The van der Waals surface area contributed by atoms with Gasteiger partial charge in [0.1, 0.15) is 5.82 Å². The van der Waals surface area contributed by atoms with Gasteiger partial charge in [-0.1, -0.05) is 29.8 Å². The normalized spacial score (nSPS) is 11.4. The summed E-state index contributed by atoms with van der Waals surface area (Å²) in [6.07, 6.45) is 1.12. The molecule has 0 heterocycles. The van der Waals surface area contributed by atoms with Crippen LogP contribution in [0.1, 0.15) is 12.5 Å². The molecule has 0 saturated heterocycles. The van der Waals surface area contributed by atoms with Gasteiger partial charge in [-0.15, -0.1) is 0 Å². The summed E-state index contributed by atoms with van der Waals surface area (Å²) >= 11 is 6.14. The minimum absolute atomic E-state index is 0.346. The topological polar surface area (TPSA) is 37.3 Å². The Labute approximate surface area is 121 Å². The van der Waals surface area contributed by atoms with E-state index in [4.69, 9.17) is 16.7 Å². The molecule has 0 aliphatic carbocycles. The van der Waals surface area contributed by atoms with E-state index in [2.05, 4.69) is 0 Å². The zero-order valence-electron chi connectivity index (χ0n) is 10.7. The van der Waals surface area contributed by atoms with Crippen molar-refractivity contribution in [1.82, 2.24) is 0 Å². The van der Waals surface area contributed by atoms with Gasteiger partial charge in [0, 0.05) is 16.7 Å². The predicted molar refractivity (Wildman–Crippen MR) is 78.1 cm³/mol. The van der Waals surface area contributed by atoms with Crippen molar-refractivity contribution in [2.45, 2.75) is 6.92 Å². The van der Waals surface area contributed by atoms with E-state index in [-0.39, 0.29) is 5.82 Å². The number of halogens is 2. The molecule has 0 fully saturated rings. The zero-order chi connectivity index (χ0) is 14.7. The summed E-state index contributed by atoms with van der Waals surface area (Å²) in [6.45, 7) is 1.70. The molecule has 20 heavy (non-hydrogen) atoms. The third-order valence-corrected chi connectivity index (χ3v) is 3.23. The standard InChI is InChI=1S/C16H12ClFO2/c1-10(7-16(19)20)11-5-6-15(17)14(9-11)12-3-2-4-13(18)8-12/h2-9H,1H3,(H,19,20)/b10-7+. The van der Waals surface area contributed by atoms with Gasteiger partial charge in [-0.3, -0.25) is 0 Å². The first kappa shape index (κ1) is 14.3. The summed E-state index contributed by atoms with van der Waals surface area (Å²) in [7, 11) is 0. The fourth-order valence-electron chi connectivity index (χ4n) is 1.92. The maximum atomic E-state index is 13.3. The van der Waals surface area contributed by atoms with Crippen LogP contribution < -0.4 is 0 Å². The lowest BCUT2D eigenvalue weighted by molar-refractivity contribution is -0.131. The van der Waals surface area contributed by atoms with Crippen molar-refractivity contribution in [3.8, 4) is 11.1 Å². The average molecular weight is 291 g/mol. The number of rotatable bonds is 3. The minimum atomic E-state index is -1.01. The molecule has 0 bridgehead atoms. The highest BCUT2D eigenvalue weighted by molar-refractivity contribution is 6.33. The van der Waals surface area contributed by atoms with Gasteiger partial charge >= 0.3 is 5.97 Å². The highest BCUT2D eigenvalue weighted by Gasteiger charge is 2.07. The molecule has 102 valence electrons. The molecule has 2 rings (SSSR count). The minimum Gasteiger partial charge on any atom is -0.478 e. The number of carboxylic acids is 1. The Morgan fingerprint density at radius 1 is 1.25 bits per heavy atom. The van der Waals surface area contributed by atoms with Crippen LogP contribution in [0.15, 0.2) is 48.5 Å². The Morgan fingerprint density at radius 2 is 2.00 bits per heavy atom. The molecular formula is C16H12ClFO2. The summed E-state index contributed by atoms with van der Waals surface area (Å²) in [6, 6.07) is 11.3. The Balaban J connectivity index is 2.52. The third kappa shape index (κ3) is 3.25. The number of aliphatic carboxylic acids is 1. The van der Waals surface area contributed by atoms with Crippen LogP contribution in [-0.4, -0.2) is 11.1 Å². The first-order chi connectivity index (χ1) is 9.47. The van der Waals surface area contributed by atoms with Crippen molar-refractivity contribution in [1.29, 1.82) is 0 Å². The molecule has 0 spiro atoms. The molecule has 0 aliphatic rings. The summed E-state index contributed by atoms with van der Waals surface area (Å²) in [5.41, 5.74) is 2.66. The molecule has 1 N–H and O–H groups in total. The predicted octanol–water partition coefficient (Wildman–Crippen LogP) is 4.63. The fourth-order valence-corrected chi connectivity index (χ4v) is 2.14. The lowest BCUT2D eigenvalue weighted by atomic mass is 9.99. The van der Waals surface area contributed by atoms with E-state index in [1.165, 1.54) is 12.1 Å². The van der Waals surface area contributed by atoms with Crippen LogP contribution in [0.25, 0.3) is 16.7 Å². The Kier molecular flexibility index (Phi) is 4.20. The largest absolute Gasteiger partial charge is 0.478 e. The maximum Gasteiger partial charge on any atom is 0.328 e. The summed E-state index contributed by atoms with van der Waals surface area (Å²) in [5.74, 6) is -1.36. The Morgan fingerprint density at radius 3 is 2.65 bits per heavy atom. The van der Waals surface area contributed by atoms with Gasteiger partial charge in [-0.2, -0.15) is 0 Å². The van der Waals surface area contributed by atoms with E-state index in [1.807, 2.05) is 0 Å². The molecule has 0 atom stereocenters. The van der Waals surface area contributed by atoms with Crippen LogP contribution in [0.2, 0.25) is 5.02 Å². The van der Waals surface area contributed by atoms with Crippen LogP contribution >= 0.6 is 11.6 Å². The molecule has 2 nitrogen and oxygen atoms in total. The second-order valence-electron chi connectivity index (χ2n) is 4.37. The fraction of sp³-hybridized carbons (Fsp3) is 0.0625. The zero-order valence-corrected chi connectivity index (χ0v) is 11.5. The van der Waals surface area contributed by atoms with E-state index < -0.39 is 5.97 Å².